The molecule has 0 aromatic heterocycles. The van der Waals surface area contributed by atoms with Gasteiger partial charge in [-0.15, -0.1) is 0 Å². The molecular weight excluding hydrogens is 264 g/mol. The number of hydrogen-bond donors (Lipinski definition) is 1. The van der Waals surface area contributed by atoms with Crippen LogP contribution in [-0.4, -0.2) is 36.3 Å². The second-order valence-electron chi connectivity index (χ2n) is 7.91. The quantitative estimate of drug-likeness (QED) is 0.843. The van der Waals surface area contributed by atoms with E-state index in [4.69, 9.17) is 0 Å². The van der Waals surface area contributed by atoms with Gasteiger partial charge in [0.25, 0.3) is 0 Å². The minimum absolute atomic E-state index is 0.00453. The number of nitrogens with one attached hydrogen (secondary N) is 1. The van der Waals surface area contributed by atoms with Crippen LogP contribution >= 0.6 is 0 Å². The molecule has 4 saturated carbocycles. The molecule has 2 amide bonds. The molecule has 4 nitrogen and oxygen atoms in total. The maximum Gasteiger partial charge on any atom is 0.227 e. The van der Waals surface area contributed by atoms with Crippen LogP contribution in [0.2, 0.25) is 0 Å². The standard InChI is InChI=1S/C17H26N2O2/c1-19(17(21)12-2-3-15(20)18-9-12)16-13-5-10-4-11(7-13)8-14(16)6-10/h10-14,16H,2-9H2,1H3,(H,18,20). The SMILES string of the molecule is CN(C(=O)C1CCC(=O)NC1)C1C2CC3CC(C2)CC1C3. The molecule has 4 aliphatic carbocycles. The number of carbonyl (C=O) groups is 2. The second kappa shape index (κ2) is 4.99. The molecule has 4 bridgehead atoms. The van der Waals surface area contributed by atoms with Crippen LogP contribution < -0.4 is 5.32 Å². The van der Waals surface area contributed by atoms with Crippen molar-refractivity contribution in [2.45, 2.75) is 51.0 Å². The van der Waals surface area contributed by atoms with Gasteiger partial charge in [-0.2, -0.15) is 0 Å². The van der Waals surface area contributed by atoms with Crippen molar-refractivity contribution in [3.05, 3.63) is 0 Å². The highest BCUT2D eigenvalue weighted by atomic mass is 16.2. The molecule has 1 heterocycles. The zero-order valence-corrected chi connectivity index (χ0v) is 12.9. The predicted octanol–water partition coefficient (Wildman–Crippen LogP) is 1.80. The lowest BCUT2D eigenvalue weighted by Crippen LogP contribution is -2.58. The summed E-state index contributed by atoms with van der Waals surface area (Å²) < 4.78 is 0. The molecule has 4 heteroatoms. The molecule has 5 aliphatic rings. The maximum absolute atomic E-state index is 12.8. The van der Waals surface area contributed by atoms with Crippen molar-refractivity contribution < 1.29 is 9.59 Å². The predicted molar refractivity (Wildman–Crippen MR) is 79.3 cm³/mol. The number of carbonyl (C=O) groups excluding carboxylic acids is 2. The summed E-state index contributed by atoms with van der Waals surface area (Å²) >= 11 is 0. The molecule has 0 aromatic rings. The van der Waals surface area contributed by atoms with E-state index in [9.17, 15) is 9.59 Å². The van der Waals surface area contributed by atoms with E-state index in [0.717, 1.165) is 30.1 Å². The summed E-state index contributed by atoms with van der Waals surface area (Å²) in [5.74, 6) is 3.75. The highest BCUT2D eigenvalue weighted by molar-refractivity contribution is 5.83. The molecule has 1 unspecified atom stereocenters. The fraction of sp³-hybridized carbons (Fsp3) is 0.882. The first-order chi connectivity index (χ1) is 10.1. The zero-order chi connectivity index (χ0) is 14.6. The van der Waals surface area contributed by atoms with Crippen molar-refractivity contribution in [2.75, 3.05) is 13.6 Å². The van der Waals surface area contributed by atoms with Crippen LogP contribution in [0.15, 0.2) is 0 Å². The first-order valence-electron chi connectivity index (χ1n) is 8.65. The number of amides is 2. The van der Waals surface area contributed by atoms with Crippen LogP contribution in [0.25, 0.3) is 0 Å². The molecule has 0 radical (unpaired) electrons. The summed E-state index contributed by atoms with van der Waals surface area (Å²) in [4.78, 5) is 26.1. The Hall–Kier alpha value is -1.06. The fourth-order valence-electron chi connectivity index (χ4n) is 5.91. The van der Waals surface area contributed by atoms with Crippen molar-refractivity contribution in [1.82, 2.24) is 10.2 Å². The summed E-state index contributed by atoms with van der Waals surface area (Å²) in [5.41, 5.74) is 0. The number of hydrogen-bond acceptors (Lipinski definition) is 2. The Bertz CT molecular complexity index is 424. The molecule has 0 aromatic carbocycles. The Labute approximate surface area is 126 Å². The Morgan fingerprint density at radius 3 is 2.24 bits per heavy atom. The first kappa shape index (κ1) is 13.6. The third-order valence-corrected chi connectivity index (χ3v) is 6.59. The van der Waals surface area contributed by atoms with Gasteiger partial charge in [0.05, 0.1) is 5.92 Å². The van der Waals surface area contributed by atoms with Gasteiger partial charge in [-0.25, -0.2) is 0 Å². The van der Waals surface area contributed by atoms with Crippen molar-refractivity contribution in [1.29, 1.82) is 0 Å². The van der Waals surface area contributed by atoms with Crippen molar-refractivity contribution in [3.63, 3.8) is 0 Å². The lowest BCUT2D eigenvalue weighted by atomic mass is 9.54. The summed E-state index contributed by atoms with van der Waals surface area (Å²) in [5, 5.41) is 2.85. The molecule has 0 spiro atoms. The summed E-state index contributed by atoms with van der Waals surface area (Å²) in [7, 11) is 2.02. The van der Waals surface area contributed by atoms with Crippen LogP contribution in [0.4, 0.5) is 0 Å². The number of piperidine rings is 1. The second-order valence-corrected chi connectivity index (χ2v) is 7.91. The van der Waals surface area contributed by atoms with E-state index in [-0.39, 0.29) is 17.7 Å². The molecule has 21 heavy (non-hydrogen) atoms. The highest BCUT2D eigenvalue weighted by Crippen LogP contribution is 2.55. The largest absolute Gasteiger partial charge is 0.355 e. The van der Waals surface area contributed by atoms with Gasteiger partial charge in [-0.05, 0) is 62.2 Å². The van der Waals surface area contributed by atoms with E-state index in [1.165, 1.54) is 32.1 Å². The molecule has 1 saturated heterocycles. The van der Waals surface area contributed by atoms with E-state index in [0.29, 0.717) is 19.0 Å². The molecule has 5 fully saturated rings. The number of rotatable bonds is 2. The van der Waals surface area contributed by atoms with Crippen LogP contribution in [0.1, 0.15) is 44.9 Å². The lowest BCUT2D eigenvalue weighted by molar-refractivity contribution is -0.146. The topological polar surface area (TPSA) is 49.4 Å². The Balaban J connectivity index is 1.46. The van der Waals surface area contributed by atoms with Gasteiger partial charge < -0.3 is 10.2 Å². The smallest absolute Gasteiger partial charge is 0.227 e. The van der Waals surface area contributed by atoms with E-state index in [1.807, 2.05) is 7.05 Å². The van der Waals surface area contributed by atoms with Gasteiger partial charge in [0.15, 0.2) is 0 Å². The maximum atomic E-state index is 12.8. The monoisotopic (exact) mass is 290 g/mol. The molecule has 5 rings (SSSR count). The van der Waals surface area contributed by atoms with E-state index in [1.54, 1.807) is 0 Å². The van der Waals surface area contributed by atoms with Gasteiger partial charge >= 0.3 is 0 Å². The van der Waals surface area contributed by atoms with Crippen molar-refractivity contribution in [3.8, 4) is 0 Å². The van der Waals surface area contributed by atoms with Crippen molar-refractivity contribution >= 4 is 11.8 Å². The van der Waals surface area contributed by atoms with Gasteiger partial charge in [0.2, 0.25) is 11.8 Å². The normalized spacial score (nSPS) is 44.5. The van der Waals surface area contributed by atoms with E-state index < -0.39 is 0 Å². The first-order valence-corrected chi connectivity index (χ1v) is 8.65. The molecular formula is C17H26N2O2. The fourth-order valence-corrected chi connectivity index (χ4v) is 5.91. The minimum Gasteiger partial charge on any atom is -0.355 e. The van der Waals surface area contributed by atoms with Crippen LogP contribution in [0, 0.1) is 29.6 Å². The van der Waals surface area contributed by atoms with Crippen LogP contribution in [0.3, 0.4) is 0 Å². The van der Waals surface area contributed by atoms with Gasteiger partial charge in [0, 0.05) is 26.1 Å². The average molecular weight is 290 g/mol. The average Bonchev–Trinajstić information content (AvgIpc) is 2.46. The molecule has 1 aliphatic heterocycles. The molecule has 116 valence electrons. The summed E-state index contributed by atoms with van der Waals surface area (Å²) in [6.07, 6.45) is 8.06. The Kier molecular flexibility index (Phi) is 3.23. The number of nitrogens with zero attached hydrogens (tertiary/aromatic N) is 1. The van der Waals surface area contributed by atoms with Crippen LogP contribution in [-0.2, 0) is 9.59 Å². The zero-order valence-electron chi connectivity index (χ0n) is 12.9. The van der Waals surface area contributed by atoms with Crippen molar-refractivity contribution in [2.24, 2.45) is 29.6 Å². The Morgan fingerprint density at radius 2 is 1.71 bits per heavy atom. The summed E-state index contributed by atoms with van der Waals surface area (Å²) in [6.45, 7) is 0.537. The van der Waals surface area contributed by atoms with Gasteiger partial charge in [-0.1, -0.05) is 0 Å². The lowest BCUT2D eigenvalue weighted by Gasteiger charge is -2.56. The van der Waals surface area contributed by atoms with Crippen LogP contribution in [0.5, 0.6) is 0 Å². The molecule has 1 atom stereocenters. The third kappa shape index (κ3) is 2.27. The molecule has 1 N–H and O–H groups in total. The highest BCUT2D eigenvalue weighted by Gasteiger charge is 2.50. The van der Waals surface area contributed by atoms with E-state index in [2.05, 4.69) is 10.2 Å². The minimum atomic E-state index is 0.00453. The Morgan fingerprint density at radius 1 is 1.10 bits per heavy atom. The summed E-state index contributed by atoms with van der Waals surface area (Å²) in [6, 6.07) is 0.475. The van der Waals surface area contributed by atoms with Gasteiger partial charge in [-0.3, -0.25) is 9.59 Å². The third-order valence-electron chi connectivity index (χ3n) is 6.59. The van der Waals surface area contributed by atoms with E-state index >= 15 is 0 Å². The van der Waals surface area contributed by atoms with Gasteiger partial charge in [0.1, 0.15) is 0 Å².